The molecule has 1 amide bonds. The fraction of sp³-hybridized carbons (Fsp3) is 0.438. The van der Waals surface area contributed by atoms with Gasteiger partial charge in [-0.15, -0.1) is 0 Å². The summed E-state index contributed by atoms with van der Waals surface area (Å²) in [6.07, 6.45) is 1.40. The smallest absolute Gasteiger partial charge is 0.246 e. The fourth-order valence-electron chi connectivity index (χ4n) is 2.42. The van der Waals surface area contributed by atoms with E-state index in [1.807, 2.05) is 4.90 Å². The van der Waals surface area contributed by atoms with Crippen LogP contribution in [-0.2, 0) is 11.3 Å². The summed E-state index contributed by atoms with van der Waals surface area (Å²) in [6.45, 7) is 12.3. The highest BCUT2D eigenvalue weighted by Crippen LogP contribution is 2.13. The molecule has 1 fully saturated rings. The highest BCUT2D eigenvalue weighted by molar-refractivity contribution is 5.87. The molecule has 102 valence electrons. The highest BCUT2D eigenvalue weighted by Gasteiger charge is 2.19. The first-order chi connectivity index (χ1) is 9.10. The maximum absolute atomic E-state index is 11.5. The van der Waals surface area contributed by atoms with Gasteiger partial charge in [0.1, 0.15) is 0 Å². The van der Waals surface area contributed by atoms with Crippen molar-refractivity contribution >= 4 is 5.91 Å². The number of hydrogen-bond donors (Lipinski definition) is 0. The summed E-state index contributed by atoms with van der Waals surface area (Å²) < 4.78 is 0. The molecule has 0 saturated carbocycles. The van der Waals surface area contributed by atoms with Gasteiger partial charge in [0, 0.05) is 32.7 Å². The summed E-state index contributed by atoms with van der Waals surface area (Å²) in [5.41, 5.74) is 4.04. The molecule has 0 spiro atoms. The van der Waals surface area contributed by atoms with Crippen LogP contribution in [0.4, 0.5) is 0 Å². The van der Waals surface area contributed by atoms with Crippen molar-refractivity contribution in [2.75, 3.05) is 26.2 Å². The quantitative estimate of drug-likeness (QED) is 0.775. The third-order valence-electron chi connectivity index (χ3n) is 3.84. The number of carbonyl (C=O) groups excluding carboxylic acids is 1. The largest absolute Gasteiger partial charge is 0.337 e. The van der Waals surface area contributed by atoms with Gasteiger partial charge in [-0.1, -0.05) is 24.8 Å². The van der Waals surface area contributed by atoms with Crippen LogP contribution in [0.2, 0.25) is 0 Å². The van der Waals surface area contributed by atoms with Crippen LogP contribution in [-0.4, -0.2) is 41.9 Å². The molecule has 1 saturated heterocycles. The van der Waals surface area contributed by atoms with Gasteiger partial charge in [-0.25, -0.2) is 0 Å². The number of aryl methyl sites for hydroxylation is 2. The Labute approximate surface area is 115 Å². The zero-order valence-electron chi connectivity index (χ0n) is 11.9. The summed E-state index contributed by atoms with van der Waals surface area (Å²) in [4.78, 5) is 15.8. The summed E-state index contributed by atoms with van der Waals surface area (Å²) in [7, 11) is 0. The third-order valence-corrected chi connectivity index (χ3v) is 3.84. The lowest BCUT2D eigenvalue weighted by Crippen LogP contribution is -2.47. The SMILES string of the molecule is C=CC(=O)N1CCN(Cc2ccc(C)c(C)c2)CC1. The number of carbonyl (C=O) groups is 1. The van der Waals surface area contributed by atoms with Crippen LogP contribution < -0.4 is 0 Å². The monoisotopic (exact) mass is 258 g/mol. The van der Waals surface area contributed by atoms with Gasteiger partial charge in [0.15, 0.2) is 0 Å². The van der Waals surface area contributed by atoms with Crippen LogP contribution in [0.25, 0.3) is 0 Å². The zero-order valence-corrected chi connectivity index (χ0v) is 11.9. The van der Waals surface area contributed by atoms with Crippen molar-refractivity contribution in [1.82, 2.24) is 9.80 Å². The Bertz CT molecular complexity index is 474. The van der Waals surface area contributed by atoms with Gasteiger partial charge in [-0.05, 0) is 36.6 Å². The first-order valence-corrected chi connectivity index (χ1v) is 6.80. The molecular weight excluding hydrogens is 236 g/mol. The van der Waals surface area contributed by atoms with Crippen LogP contribution in [0.15, 0.2) is 30.9 Å². The molecule has 0 atom stereocenters. The molecule has 0 unspecified atom stereocenters. The van der Waals surface area contributed by atoms with Crippen molar-refractivity contribution < 1.29 is 4.79 Å². The first-order valence-electron chi connectivity index (χ1n) is 6.80. The highest BCUT2D eigenvalue weighted by atomic mass is 16.2. The minimum atomic E-state index is 0.0471. The van der Waals surface area contributed by atoms with E-state index in [1.54, 1.807) is 0 Å². The van der Waals surface area contributed by atoms with Gasteiger partial charge in [-0.2, -0.15) is 0 Å². The van der Waals surface area contributed by atoms with Crippen LogP contribution in [0, 0.1) is 13.8 Å². The van der Waals surface area contributed by atoms with E-state index < -0.39 is 0 Å². The topological polar surface area (TPSA) is 23.6 Å². The fourth-order valence-corrected chi connectivity index (χ4v) is 2.42. The minimum absolute atomic E-state index is 0.0471. The molecule has 1 aliphatic heterocycles. The van der Waals surface area contributed by atoms with Gasteiger partial charge >= 0.3 is 0 Å². The number of benzene rings is 1. The summed E-state index contributed by atoms with van der Waals surface area (Å²) in [5, 5.41) is 0. The van der Waals surface area contributed by atoms with Crippen molar-refractivity contribution in [1.29, 1.82) is 0 Å². The Kier molecular flexibility index (Phi) is 4.38. The van der Waals surface area contributed by atoms with Crippen molar-refractivity contribution in [2.45, 2.75) is 20.4 Å². The van der Waals surface area contributed by atoms with Crippen molar-refractivity contribution in [3.63, 3.8) is 0 Å². The molecule has 1 aliphatic rings. The van der Waals surface area contributed by atoms with Gasteiger partial charge in [0.2, 0.25) is 5.91 Å². The van der Waals surface area contributed by atoms with Crippen LogP contribution in [0.5, 0.6) is 0 Å². The Morgan fingerprint density at radius 3 is 2.47 bits per heavy atom. The number of nitrogens with zero attached hydrogens (tertiary/aromatic N) is 2. The van der Waals surface area contributed by atoms with E-state index in [0.717, 1.165) is 32.7 Å². The second-order valence-corrected chi connectivity index (χ2v) is 5.22. The summed E-state index contributed by atoms with van der Waals surface area (Å²) >= 11 is 0. The molecule has 0 N–H and O–H groups in total. The van der Waals surface area contributed by atoms with E-state index in [9.17, 15) is 4.79 Å². The standard InChI is InChI=1S/C16H22N2O/c1-4-16(19)18-9-7-17(8-10-18)12-15-6-5-13(2)14(3)11-15/h4-6,11H,1,7-10,12H2,2-3H3. The van der Waals surface area contributed by atoms with Gasteiger partial charge in [-0.3, -0.25) is 9.69 Å². The second kappa shape index (κ2) is 6.02. The lowest BCUT2D eigenvalue weighted by Gasteiger charge is -2.34. The molecule has 0 radical (unpaired) electrons. The van der Waals surface area contributed by atoms with E-state index >= 15 is 0 Å². The Morgan fingerprint density at radius 1 is 1.21 bits per heavy atom. The van der Waals surface area contributed by atoms with Crippen LogP contribution in [0.1, 0.15) is 16.7 Å². The zero-order chi connectivity index (χ0) is 13.8. The Morgan fingerprint density at radius 2 is 1.89 bits per heavy atom. The van der Waals surface area contributed by atoms with Crippen molar-refractivity contribution in [3.05, 3.63) is 47.5 Å². The van der Waals surface area contributed by atoms with Gasteiger partial charge in [0.05, 0.1) is 0 Å². The Hall–Kier alpha value is -1.61. The first kappa shape index (κ1) is 13.8. The molecule has 1 aromatic rings. The van der Waals surface area contributed by atoms with E-state index in [1.165, 1.54) is 22.8 Å². The predicted octanol–water partition coefficient (Wildman–Crippen LogP) is 2.13. The molecule has 3 heteroatoms. The maximum Gasteiger partial charge on any atom is 0.246 e. The van der Waals surface area contributed by atoms with Gasteiger partial charge in [0.25, 0.3) is 0 Å². The van der Waals surface area contributed by atoms with Gasteiger partial charge < -0.3 is 4.90 Å². The van der Waals surface area contributed by atoms with E-state index in [0.29, 0.717) is 0 Å². The lowest BCUT2D eigenvalue weighted by molar-refractivity contribution is -0.127. The normalized spacial score (nSPS) is 16.4. The minimum Gasteiger partial charge on any atom is -0.337 e. The average molecular weight is 258 g/mol. The van der Waals surface area contributed by atoms with E-state index in [4.69, 9.17) is 0 Å². The maximum atomic E-state index is 11.5. The third kappa shape index (κ3) is 3.44. The van der Waals surface area contributed by atoms with E-state index in [2.05, 4.69) is 43.5 Å². The summed E-state index contributed by atoms with van der Waals surface area (Å²) in [5.74, 6) is 0.0471. The second-order valence-electron chi connectivity index (χ2n) is 5.22. The molecule has 0 aromatic heterocycles. The molecular formula is C16H22N2O. The average Bonchev–Trinajstić information content (AvgIpc) is 2.43. The predicted molar refractivity (Wildman–Crippen MR) is 78.0 cm³/mol. The molecule has 1 heterocycles. The molecule has 3 nitrogen and oxygen atoms in total. The Balaban J connectivity index is 1.90. The van der Waals surface area contributed by atoms with Crippen LogP contribution in [0.3, 0.4) is 0 Å². The number of amides is 1. The number of rotatable bonds is 3. The molecule has 0 aliphatic carbocycles. The molecule has 19 heavy (non-hydrogen) atoms. The molecule has 0 bridgehead atoms. The summed E-state index contributed by atoms with van der Waals surface area (Å²) in [6, 6.07) is 6.64. The lowest BCUT2D eigenvalue weighted by atomic mass is 10.1. The number of hydrogen-bond acceptors (Lipinski definition) is 2. The van der Waals surface area contributed by atoms with Crippen molar-refractivity contribution in [2.24, 2.45) is 0 Å². The van der Waals surface area contributed by atoms with Crippen molar-refractivity contribution in [3.8, 4) is 0 Å². The number of piperazine rings is 1. The van der Waals surface area contributed by atoms with E-state index in [-0.39, 0.29) is 5.91 Å². The van der Waals surface area contributed by atoms with Crippen LogP contribution >= 0.6 is 0 Å². The molecule has 1 aromatic carbocycles. The molecule has 2 rings (SSSR count).